The van der Waals surface area contributed by atoms with E-state index in [9.17, 15) is 0 Å². The summed E-state index contributed by atoms with van der Waals surface area (Å²) in [5.74, 6) is 0.805. The van der Waals surface area contributed by atoms with Crippen LogP contribution >= 0.6 is 0 Å². The highest BCUT2D eigenvalue weighted by atomic mass is 15.6. The van der Waals surface area contributed by atoms with Crippen molar-refractivity contribution in [3.63, 3.8) is 0 Å². The number of para-hydroxylation sites is 1. The van der Waals surface area contributed by atoms with Crippen LogP contribution in [0, 0.1) is 13.8 Å². The van der Waals surface area contributed by atoms with Gasteiger partial charge in [-0.2, -0.15) is 4.68 Å². The maximum absolute atomic E-state index is 4.33. The Morgan fingerprint density at radius 3 is 2.42 bits per heavy atom. The minimum Gasteiger partial charge on any atom is -0.373 e. The van der Waals surface area contributed by atoms with Crippen molar-refractivity contribution in [2.45, 2.75) is 39.7 Å². The first-order chi connectivity index (χ1) is 11.5. The van der Waals surface area contributed by atoms with Crippen LogP contribution in [0.2, 0.25) is 0 Å². The first kappa shape index (κ1) is 16.2. The largest absolute Gasteiger partial charge is 0.373 e. The van der Waals surface area contributed by atoms with E-state index in [1.807, 2.05) is 22.9 Å². The van der Waals surface area contributed by atoms with Gasteiger partial charge >= 0.3 is 0 Å². The molecule has 0 fully saturated rings. The summed E-state index contributed by atoms with van der Waals surface area (Å²) in [6.45, 7) is 8.42. The number of anilines is 1. The molecule has 3 rings (SSSR count). The van der Waals surface area contributed by atoms with Gasteiger partial charge in [-0.15, -0.1) is 5.10 Å². The average molecular weight is 321 g/mol. The lowest BCUT2D eigenvalue weighted by molar-refractivity contribution is 0.474. The molecule has 0 aliphatic heterocycles. The fraction of sp³-hybridized carbons (Fsp3) is 0.316. The summed E-state index contributed by atoms with van der Waals surface area (Å²) in [4.78, 5) is 0. The van der Waals surface area contributed by atoms with E-state index in [-0.39, 0.29) is 5.54 Å². The lowest BCUT2D eigenvalue weighted by Crippen LogP contribution is -2.34. The first-order valence-corrected chi connectivity index (χ1v) is 8.23. The third-order valence-electron chi connectivity index (χ3n) is 4.49. The van der Waals surface area contributed by atoms with Crippen LogP contribution in [-0.4, -0.2) is 20.2 Å². The van der Waals surface area contributed by atoms with Gasteiger partial charge in [-0.25, -0.2) is 0 Å². The number of nitrogens with one attached hydrogen (secondary N) is 1. The number of tetrazole rings is 1. The standard InChI is InChI=1S/C19H23N5/c1-5-19(4,20-16-12-10-14(2)11-13-16)18-21-22-23-24(18)17-9-7-6-8-15(17)3/h6-13,20H,5H2,1-4H3/t19-/m0/s1. The third kappa shape index (κ3) is 3.02. The molecule has 0 unspecified atom stereocenters. The molecule has 0 aliphatic carbocycles. The summed E-state index contributed by atoms with van der Waals surface area (Å²) in [7, 11) is 0. The van der Waals surface area contributed by atoms with Crippen LogP contribution in [-0.2, 0) is 5.54 Å². The Morgan fingerprint density at radius 2 is 1.75 bits per heavy atom. The summed E-state index contributed by atoms with van der Waals surface area (Å²) in [6, 6.07) is 16.5. The minimum atomic E-state index is -0.374. The van der Waals surface area contributed by atoms with Crippen LogP contribution in [0.25, 0.3) is 5.69 Å². The van der Waals surface area contributed by atoms with E-state index in [0.717, 1.165) is 29.2 Å². The van der Waals surface area contributed by atoms with Crippen LogP contribution in [0.15, 0.2) is 48.5 Å². The van der Waals surface area contributed by atoms with Gasteiger partial charge in [0.15, 0.2) is 5.82 Å². The quantitative estimate of drug-likeness (QED) is 0.771. The van der Waals surface area contributed by atoms with Gasteiger partial charge < -0.3 is 5.32 Å². The minimum absolute atomic E-state index is 0.374. The third-order valence-corrected chi connectivity index (χ3v) is 4.49. The molecule has 0 saturated carbocycles. The van der Waals surface area contributed by atoms with Crippen LogP contribution in [0.5, 0.6) is 0 Å². The molecule has 3 aromatic rings. The van der Waals surface area contributed by atoms with Gasteiger partial charge in [-0.1, -0.05) is 42.8 Å². The molecule has 0 bridgehead atoms. The van der Waals surface area contributed by atoms with Crippen molar-refractivity contribution in [3.05, 3.63) is 65.5 Å². The summed E-state index contributed by atoms with van der Waals surface area (Å²) in [5.41, 5.74) is 4.07. The first-order valence-electron chi connectivity index (χ1n) is 8.23. The Balaban J connectivity index is 2.01. The van der Waals surface area contributed by atoms with E-state index in [1.54, 1.807) is 0 Å². The van der Waals surface area contributed by atoms with Gasteiger partial charge in [-0.3, -0.25) is 0 Å². The Labute approximate surface area is 142 Å². The molecule has 0 amide bonds. The van der Waals surface area contributed by atoms with Crippen molar-refractivity contribution in [1.29, 1.82) is 0 Å². The molecule has 0 radical (unpaired) electrons. The summed E-state index contributed by atoms with van der Waals surface area (Å²) in [6.07, 6.45) is 0.854. The molecule has 0 aliphatic rings. The van der Waals surface area contributed by atoms with Crippen molar-refractivity contribution in [3.8, 4) is 5.69 Å². The number of hydrogen-bond acceptors (Lipinski definition) is 4. The second-order valence-electron chi connectivity index (χ2n) is 6.38. The van der Waals surface area contributed by atoms with Gasteiger partial charge in [0.25, 0.3) is 0 Å². The fourth-order valence-corrected chi connectivity index (χ4v) is 2.75. The number of nitrogens with zero attached hydrogens (tertiary/aromatic N) is 4. The molecule has 0 spiro atoms. The second-order valence-corrected chi connectivity index (χ2v) is 6.38. The summed E-state index contributed by atoms with van der Waals surface area (Å²) >= 11 is 0. The van der Waals surface area contributed by atoms with Crippen molar-refractivity contribution in [1.82, 2.24) is 20.2 Å². The molecule has 1 aromatic heterocycles. The molecule has 1 atom stereocenters. The van der Waals surface area contributed by atoms with E-state index < -0.39 is 0 Å². The molecule has 1 heterocycles. The van der Waals surface area contributed by atoms with E-state index in [2.05, 4.69) is 78.9 Å². The van der Waals surface area contributed by atoms with Crippen LogP contribution in [0.4, 0.5) is 5.69 Å². The zero-order valence-electron chi connectivity index (χ0n) is 14.6. The lowest BCUT2D eigenvalue weighted by Gasteiger charge is -2.29. The lowest BCUT2D eigenvalue weighted by atomic mass is 9.96. The predicted molar refractivity (Wildman–Crippen MR) is 96.3 cm³/mol. The Hall–Kier alpha value is -2.69. The molecule has 0 saturated heterocycles. The van der Waals surface area contributed by atoms with Gasteiger partial charge in [0.1, 0.15) is 0 Å². The van der Waals surface area contributed by atoms with Gasteiger partial charge in [0.05, 0.1) is 11.2 Å². The zero-order valence-corrected chi connectivity index (χ0v) is 14.6. The van der Waals surface area contributed by atoms with Crippen LogP contribution in [0.1, 0.15) is 37.2 Å². The van der Waals surface area contributed by atoms with E-state index in [1.165, 1.54) is 5.56 Å². The van der Waals surface area contributed by atoms with E-state index in [4.69, 9.17) is 0 Å². The monoisotopic (exact) mass is 321 g/mol. The molecule has 2 aromatic carbocycles. The van der Waals surface area contributed by atoms with Gasteiger partial charge in [0.2, 0.25) is 0 Å². The molecule has 124 valence electrons. The Morgan fingerprint density at radius 1 is 1.04 bits per heavy atom. The zero-order chi connectivity index (χ0) is 17.2. The number of aromatic nitrogens is 4. The van der Waals surface area contributed by atoms with Gasteiger partial charge in [-0.05, 0) is 61.4 Å². The molecule has 5 heteroatoms. The van der Waals surface area contributed by atoms with Crippen molar-refractivity contribution >= 4 is 5.69 Å². The highest BCUT2D eigenvalue weighted by Gasteiger charge is 2.31. The predicted octanol–water partition coefficient (Wildman–Crippen LogP) is 4.02. The van der Waals surface area contributed by atoms with Crippen LogP contribution in [0.3, 0.4) is 0 Å². The topological polar surface area (TPSA) is 55.6 Å². The normalized spacial score (nSPS) is 13.5. The Kier molecular flexibility index (Phi) is 4.34. The maximum atomic E-state index is 4.33. The smallest absolute Gasteiger partial charge is 0.181 e. The highest BCUT2D eigenvalue weighted by molar-refractivity contribution is 5.48. The highest BCUT2D eigenvalue weighted by Crippen LogP contribution is 2.29. The maximum Gasteiger partial charge on any atom is 0.181 e. The van der Waals surface area contributed by atoms with E-state index in [0.29, 0.717) is 0 Å². The summed E-state index contributed by atoms with van der Waals surface area (Å²) in [5, 5.41) is 16.1. The molecular formula is C19H23N5. The molecule has 5 nitrogen and oxygen atoms in total. The average Bonchev–Trinajstić information content (AvgIpc) is 3.07. The molecule has 1 N–H and O–H groups in total. The van der Waals surface area contributed by atoms with Crippen molar-refractivity contribution in [2.75, 3.05) is 5.32 Å². The Bertz CT molecular complexity index is 822. The SMILES string of the molecule is CC[C@](C)(Nc1ccc(C)cc1)c1nnnn1-c1ccccc1C. The van der Waals surface area contributed by atoms with Crippen molar-refractivity contribution < 1.29 is 0 Å². The second kappa shape index (κ2) is 6.43. The van der Waals surface area contributed by atoms with Crippen LogP contribution < -0.4 is 5.32 Å². The summed E-state index contributed by atoms with van der Waals surface area (Å²) < 4.78 is 1.83. The molecule has 24 heavy (non-hydrogen) atoms. The number of benzene rings is 2. The number of aryl methyl sites for hydroxylation is 2. The van der Waals surface area contributed by atoms with Crippen molar-refractivity contribution in [2.24, 2.45) is 0 Å². The molecular weight excluding hydrogens is 298 g/mol. The fourth-order valence-electron chi connectivity index (χ4n) is 2.75. The number of rotatable bonds is 5. The number of hydrogen-bond donors (Lipinski definition) is 1. The van der Waals surface area contributed by atoms with E-state index >= 15 is 0 Å². The van der Waals surface area contributed by atoms with Gasteiger partial charge in [0, 0.05) is 5.69 Å².